The van der Waals surface area contributed by atoms with Gasteiger partial charge in [0.15, 0.2) is 23.0 Å². The molecule has 0 radical (unpaired) electrons. The van der Waals surface area contributed by atoms with Gasteiger partial charge in [-0.3, -0.25) is 4.79 Å². The van der Waals surface area contributed by atoms with Crippen LogP contribution in [0.1, 0.15) is 16.8 Å². The van der Waals surface area contributed by atoms with Crippen molar-refractivity contribution in [3.8, 4) is 11.8 Å². The summed E-state index contributed by atoms with van der Waals surface area (Å²) < 4.78 is 62.1. The number of ether oxygens (including phenoxy) is 1. The minimum Gasteiger partial charge on any atom is -0.450 e. The van der Waals surface area contributed by atoms with Gasteiger partial charge in [-0.2, -0.15) is 23.4 Å². The highest BCUT2D eigenvalue weighted by atomic mass is 19.4. The molecule has 4 N–H and O–H groups in total. The summed E-state index contributed by atoms with van der Waals surface area (Å²) in [6.45, 7) is 0. The molecule has 0 amide bonds. The summed E-state index contributed by atoms with van der Waals surface area (Å²) in [7, 11) is 4.23. The van der Waals surface area contributed by atoms with Crippen molar-refractivity contribution < 1.29 is 22.3 Å². The van der Waals surface area contributed by atoms with E-state index in [1.807, 2.05) is 6.07 Å². The highest BCUT2D eigenvalue weighted by molar-refractivity contribution is 5.84. The second-order valence-corrected chi connectivity index (χ2v) is 7.89. The van der Waals surface area contributed by atoms with E-state index in [0.717, 1.165) is 17.0 Å². The Labute approximate surface area is 211 Å². The first-order valence-electron chi connectivity index (χ1n) is 10.7. The molecule has 0 unspecified atom stereocenters. The van der Waals surface area contributed by atoms with Crippen LogP contribution in [-0.4, -0.2) is 31.1 Å². The minimum absolute atomic E-state index is 0.0312. The number of alkyl halides is 3. The van der Waals surface area contributed by atoms with Gasteiger partial charge in [-0.05, 0) is 6.07 Å². The van der Waals surface area contributed by atoms with E-state index in [4.69, 9.17) is 10.5 Å². The number of aromatic nitrogens is 5. The molecule has 38 heavy (non-hydrogen) atoms. The molecule has 15 heteroatoms. The number of imidazole rings is 1. The number of anilines is 3. The minimum atomic E-state index is -4.69. The number of hydrogen-bond donors (Lipinski definition) is 3. The predicted molar refractivity (Wildman–Crippen MR) is 130 cm³/mol. The van der Waals surface area contributed by atoms with Gasteiger partial charge in [0.05, 0.1) is 23.6 Å². The van der Waals surface area contributed by atoms with Gasteiger partial charge in [-0.25, -0.2) is 14.4 Å². The molecule has 0 bridgehead atoms. The fourth-order valence-corrected chi connectivity index (χ4v) is 3.56. The SMILES string of the molecule is CNc1cnc(C(=CN)Oc2cnc3nc(Nc4cc(C(F)(F)F)cn(C)c4=O)n(C)c3c2C#N)c(F)c1. The van der Waals surface area contributed by atoms with Crippen LogP contribution in [0.15, 0.2) is 41.7 Å². The van der Waals surface area contributed by atoms with Crippen LogP contribution in [-0.2, 0) is 20.3 Å². The highest BCUT2D eigenvalue weighted by Gasteiger charge is 2.32. The fourth-order valence-electron chi connectivity index (χ4n) is 3.56. The Kier molecular flexibility index (Phi) is 6.64. The van der Waals surface area contributed by atoms with Crippen LogP contribution < -0.4 is 26.7 Å². The molecule has 4 heterocycles. The molecular formula is C23H19F4N9O2. The summed E-state index contributed by atoms with van der Waals surface area (Å²) in [5.74, 6) is -1.12. The smallest absolute Gasteiger partial charge is 0.417 e. The molecule has 0 saturated heterocycles. The van der Waals surface area contributed by atoms with E-state index in [1.165, 1.54) is 30.9 Å². The Morgan fingerprint density at radius 1 is 1.24 bits per heavy atom. The van der Waals surface area contributed by atoms with Crippen molar-refractivity contribution in [3.63, 3.8) is 0 Å². The largest absolute Gasteiger partial charge is 0.450 e. The van der Waals surface area contributed by atoms with Crippen molar-refractivity contribution >= 4 is 34.2 Å². The lowest BCUT2D eigenvalue weighted by atomic mass is 10.2. The molecule has 11 nitrogen and oxygen atoms in total. The van der Waals surface area contributed by atoms with Crippen LogP contribution in [0.5, 0.6) is 5.75 Å². The van der Waals surface area contributed by atoms with Gasteiger partial charge in [0.1, 0.15) is 28.5 Å². The van der Waals surface area contributed by atoms with E-state index < -0.39 is 28.8 Å². The number of aryl methyl sites for hydroxylation is 2. The zero-order valence-corrected chi connectivity index (χ0v) is 20.1. The van der Waals surface area contributed by atoms with Crippen LogP contribution in [0.4, 0.5) is 34.9 Å². The maximum Gasteiger partial charge on any atom is 0.417 e. The number of fused-ring (bicyclic) bond motifs is 1. The molecule has 4 aromatic rings. The molecular weight excluding hydrogens is 510 g/mol. The molecule has 0 aliphatic rings. The maximum atomic E-state index is 14.6. The summed E-state index contributed by atoms with van der Waals surface area (Å²) in [6.07, 6.45) is -0.533. The third-order valence-corrected chi connectivity index (χ3v) is 5.47. The van der Waals surface area contributed by atoms with E-state index in [-0.39, 0.29) is 39.9 Å². The summed E-state index contributed by atoms with van der Waals surface area (Å²) >= 11 is 0. The Morgan fingerprint density at radius 3 is 2.58 bits per heavy atom. The van der Waals surface area contributed by atoms with Crippen LogP contribution in [0, 0.1) is 17.1 Å². The molecule has 0 aliphatic carbocycles. The topological polar surface area (TPSA) is 149 Å². The average molecular weight is 529 g/mol. The van der Waals surface area contributed by atoms with E-state index >= 15 is 0 Å². The Hall–Kier alpha value is -5.13. The van der Waals surface area contributed by atoms with Crippen LogP contribution in [0.2, 0.25) is 0 Å². The maximum absolute atomic E-state index is 14.6. The zero-order chi connectivity index (χ0) is 27.8. The Bertz CT molecular complexity index is 1680. The lowest BCUT2D eigenvalue weighted by molar-refractivity contribution is -0.138. The number of nitrogens with one attached hydrogen (secondary N) is 2. The van der Waals surface area contributed by atoms with E-state index in [2.05, 4.69) is 25.6 Å². The molecule has 4 rings (SSSR count). The molecule has 0 fully saturated rings. The lowest BCUT2D eigenvalue weighted by Crippen LogP contribution is -2.23. The van der Waals surface area contributed by atoms with Gasteiger partial charge < -0.3 is 30.2 Å². The van der Waals surface area contributed by atoms with Crippen molar-refractivity contribution in [2.75, 3.05) is 17.7 Å². The second-order valence-electron chi connectivity index (χ2n) is 7.89. The van der Waals surface area contributed by atoms with Gasteiger partial charge in [0.2, 0.25) is 5.95 Å². The fraction of sp³-hybridized carbons (Fsp3) is 0.174. The predicted octanol–water partition coefficient (Wildman–Crippen LogP) is 3.21. The van der Waals surface area contributed by atoms with Gasteiger partial charge in [0.25, 0.3) is 5.56 Å². The average Bonchev–Trinajstić information content (AvgIpc) is 3.19. The highest BCUT2D eigenvalue weighted by Crippen LogP contribution is 2.33. The first kappa shape index (κ1) is 25.9. The molecule has 4 aromatic heterocycles. The molecule has 0 spiro atoms. The number of halogens is 4. The van der Waals surface area contributed by atoms with Gasteiger partial charge in [-0.15, -0.1) is 0 Å². The van der Waals surface area contributed by atoms with Crippen molar-refractivity contribution in [2.24, 2.45) is 19.8 Å². The molecule has 196 valence electrons. The van der Waals surface area contributed by atoms with E-state index in [0.29, 0.717) is 18.0 Å². The summed E-state index contributed by atoms with van der Waals surface area (Å²) in [5, 5.41) is 15.2. The first-order valence-corrected chi connectivity index (χ1v) is 10.7. The monoisotopic (exact) mass is 529 g/mol. The molecule has 0 aromatic carbocycles. The molecule has 0 saturated carbocycles. The van der Waals surface area contributed by atoms with E-state index in [1.54, 1.807) is 7.05 Å². The van der Waals surface area contributed by atoms with Crippen LogP contribution in [0.25, 0.3) is 16.9 Å². The number of nitriles is 1. The van der Waals surface area contributed by atoms with Crippen molar-refractivity contribution in [3.05, 3.63) is 69.9 Å². The molecule has 0 atom stereocenters. The summed E-state index contributed by atoms with van der Waals surface area (Å²) in [6, 6.07) is 3.80. The summed E-state index contributed by atoms with van der Waals surface area (Å²) in [5.41, 5.74) is 3.73. The quantitative estimate of drug-likeness (QED) is 0.253. The summed E-state index contributed by atoms with van der Waals surface area (Å²) in [4.78, 5) is 24.8. The number of nitrogens with two attached hydrogens (primary N) is 1. The number of rotatable bonds is 6. The van der Waals surface area contributed by atoms with Crippen molar-refractivity contribution in [1.29, 1.82) is 5.26 Å². The Balaban J connectivity index is 1.76. The Morgan fingerprint density at radius 2 is 1.97 bits per heavy atom. The van der Waals surface area contributed by atoms with Crippen molar-refractivity contribution in [1.82, 2.24) is 24.1 Å². The van der Waals surface area contributed by atoms with Gasteiger partial charge in [-0.1, -0.05) is 0 Å². The third-order valence-electron chi connectivity index (χ3n) is 5.47. The standard InChI is InChI=1S/C23H19F4N9O2/c1-30-12-5-14(24)18(31-8-12)16(7-29)38-17-9-32-20-19(13(17)6-28)36(3)22(34-20)33-15-4-11(23(25,26)27)10-35(2)21(15)37/h4-5,7-10,30H,29H2,1-3H3,(H,32,33,34). The van der Waals surface area contributed by atoms with Gasteiger partial charge in [0, 0.05) is 39.6 Å². The lowest BCUT2D eigenvalue weighted by Gasteiger charge is -2.13. The number of hydrogen-bond acceptors (Lipinski definition) is 9. The van der Waals surface area contributed by atoms with Gasteiger partial charge >= 0.3 is 6.18 Å². The van der Waals surface area contributed by atoms with Crippen LogP contribution in [0.3, 0.4) is 0 Å². The first-order chi connectivity index (χ1) is 18.0. The number of pyridine rings is 3. The van der Waals surface area contributed by atoms with Crippen molar-refractivity contribution in [2.45, 2.75) is 6.18 Å². The zero-order valence-electron chi connectivity index (χ0n) is 20.1. The normalized spacial score (nSPS) is 11.9. The van der Waals surface area contributed by atoms with E-state index in [9.17, 15) is 27.6 Å². The third kappa shape index (κ3) is 4.66. The molecule has 0 aliphatic heterocycles. The number of nitrogens with zero attached hydrogens (tertiary/aromatic N) is 6. The second kappa shape index (κ2) is 9.73. The van der Waals surface area contributed by atoms with Crippen LogP contribution >= 0.6 is 0 Å².